The average molecular weight is 251 g/mol. The molecule has 0 unspecified atom stereocenters. The second kappa shape index (κ2) is 6.54. The summed E-state index contributed by atoms with van der Waals surface area (Å²) in [6, 6.07) is 1.89. The first-order chi connectivity index (χ1) is 8.79. The van der Waals surface area contributed by atoms with Crippen LogP contribution in [0.5, 0.6) is 5.88 Å². The summed E-state index contributed by atoms with van der Waals surface area (Å²) in [7, 11) is 0. The molecule has 0 saturated carbocycles. The van der Waals surface area contributed by atoms with E-state index in [0.717, 1.165) is 57.4 Å². The van der Waals surface area contributed by atoms with Crippen LogP contribution in [0.4, 0.5) is 5.95 Å². The molecule has 1 aliphatic heterocycles. The molecule has 1 fully saturated rings. The van der Waals surface area contributed by atoms with E-state index in [1.165, 1.54) is 0 Å². The highest BCUT2D eigenvalue weighted by Crippen LogP contribution is 2.16. The van der Waals surface area contributed by atoms with Gasteiger partial charge >= 0.3 is 0 Å². The first-order valence-corrected chi connectivity index (χ1v) is 6.61. The number of aromatic nitrogens is 2. The molecule has 0 N–H and O–H groups in total. The van der Waals surface area contributed by atoms with Crippen LogP contribution in [-0.2, 0) is 4.74 Å². The number of aryl methyl sites for hydroxylation is 1. The van der Waals surface area contributed by atoms with Crippen molar-refractivity contribution in [3.8, 4) is 5.88 Å². The smallest absolute Gasteiger partial charge is 0.229 e. The van der Waals surface area contributed by atoms with E-state index in [1.54, 1.807) is 0 Å². The summed E-state index contributed by atoms with van der Waals surface area (Å²) in [5.74, 6) is 1.43. The minimum absolute atomic E-state index is 0.678. The lowest BCUT2D eigenvalue weighted by Crippen LogP contribution is -2.37. The van der Waals surface area contributed by atoms with Gasteiger partial charge in [-0.15, -0.1) is 0 Å². The zero-order chi connectivity index (χ0) is 12.8. The Morgan fingerprint density at radius 1 is 1.33 bits per heavy atom. The lowest BCUT2D eigenvalue weighted by atomic mass is 10.4. The molecule has 0 aliphatic carbocycles. The van der Waals surface area contributed by atoms with Crippen molar-refractivity contribution in [1.29, 1.82) is 0 Å². The maximum atomic E-state index is 5.65. The third kappa shape index (κ3) is 3.57. The minimum atomic E-state index is 0.678. The standard InChI is InChI=1S/C13H21N3O2/c1-3-4-7-18-12-10-11(2)14-13(15-12)16-5-8-17-9-6-16/h10H,3-9H2,1-2H3. The molecular weight excluding hydrogens is 230 g/mol. The molecule has 0 spiro atoms. The number of unbranched alkanes of at least 4 members (excludes halogenated alkanes) is 1. The van der Waals surface area contributed by atoms with Crippen LogP contribution in [0.15, 0.2) is 6.07 Å². The monoisotopic (exact) mass is 251 g/mol. The molecule has 100 valence electrons. The van der Waals surface area contributed by atoms with Crippen LogP contribution in [-0.4, -0.2) is 42.9 Å². The molecule has 5 heteroatoms. The van der Waals surface area contributed by atoms with Gasteiger partial charge in [0, 0.05) is 24.8 Å². The van der Waals surface area contributed by atoms with Crippen molar-refractivity contribution in [2.24, 2.45) is 0 Å². The fraction of sp³-hybridized carbons (Fsp3) is 0.692. The molecule has 18 heavy (non-hydrogen) atoms. The van der Waals surface area contributed by atoms with Crippen molar-refractivity contribution in [2.45, 2.75) is 26.7 Å². The number of anilines is 1. The molecule has 0 amide bonds. The molecule has 0 aromatic carbocycles. The van der Waals surface area contributed by atoms with Gasteiger partial charge in [0.1, 0.15) is 0 Å². The van der Waals surface area contributed by atoms with E-state index in [0.29, 0.717) is 5.88 Å². The first kappa shape index (κ1) is 13.1. The number of ether oxygens (including phenoxy) is 2. The number of rotatable bonds is 5. The predicted molar refractivity (Wildman–Crippen MR) is 70.2 cm³/mol. The number of morpholine rings is 1. The van der Waals surface area contributed by atoms with E-state index < -0.39 is 0 Å². The van der Waals surface area contributed by atoms with Crippen molar-refractivity contribution >= 4 is 5.95 Å². The van der Waals surface area contributed by atoms with Crippen molar-refractivity contribution in [1.82, 2.24) is 9.97 Å². The Hall–Kier alpha value is -1.36. The molecular formula is C13H21N3O2. The largest absolute Gasteiger partial charge is 0.478 e. The third-order valence-corrected chi connectivity index (χ3v) is 2.86. The Bertz CT molecular complexity index is 378. The Kier molecular flexibility index (Phi) is 4.75. The highest BCUT2D eigenvalue weighted by molar-refractivity contribution is 5.34. The average Bonchev–Trinajstić information content (AvgIpc) is 2.39. The fourth-order valence-electron chi connectivity index (χ4n) is 1.82. The van der Waals surface area contributed by atoms with Crippen LogP contribution in [0, 0.1) is 6.92 Å². The first-order valence-electron chi connectivity index (χ1n) is 6.61. The van der Waals surface area contributed by atoms with Crippen LogP contribution in [0.25, 0.3) is 0 Å². The van der Waals surface area contributed by atoms with Gasteiger partial charge in [-0.2, -0.15) is 4.98 Å². The maximum Gasteiger partial charge on any atom is 0.229 e. The highest BCUT2D eigenvalue weighted by atomic mass is 16.5. The van der Waals surface area contributed by atoms with Crippen molar-refractivity contribution < 1.29 is 9.47 Å². The molecule has 1 aromatic heterocycles. The van der Waals surface area contributed by atoms with Gasteiger partial charge in [-0.1, -0.05) is 13.3 Å². The Labute approximate surface area is 108 Å². The van der Waals surface area contributed by atoms with Gasteiger partial charge in [0.05, 0.1) is 19.8 Å². The van der Waals surface area contributed by atoms with Crippen molar-refractivity contribution in [2.75, 3.05) is 37.8 Å². The molecule has 1 aliphatic rings. The van der Waals surface area contributed by atoms with Gasteiger partial charge in [-0.05, 0) is 13.3 Å². The van der Waals surface area contributed by atoms with Crippen LogP contribution in [0.1, 0.15) is 25.5 Å². The molecule has 2 rings (SSSR count). The normalized spacial score (nSPS) is 15.8. The molecule has 0 atom stereocenters. The maximum absolute atomic E-state index is 5.65. The summed E-state index contributed by atoms with van der Waals surface area (Å²) in [5, 5.41) is 0. The number of nitrogens with zero attached hydrogens (tertiary/aromatic N) is 3. The van der Waals surface area contributed by atoms with E-state index in [1.807, 2.05) is 13.0 Å². The molecule has 2 heterocycles. The van der Waals surface area contributed by atoms with E-state index in [4.69, 9.17) is 9.47 Å². The zero-order valence-electron chi connectivity index (χ0n) is 11.2. The van der Waals surface area contributed by atoms with Gasteiger partial charge in [0.2, 0.25) is 11.8 Å². The highest BCUT2D eigenvalue weighted by Gasteiger charge is 2.15. The quantitative estimate of drug-likeness (QED) is 0.747. The zero-order valence-corrected chi connectivity index (χ0v) is 11.2. The van der Waals surface area contributed by atoms with E-state index in [9.17, 15) is 0 Å². The Morgan fingerprint density at radius 3 is 2.83 bits per heavy atom. The summed E-state index contributed by atoms with van der Waals surface area (Å²) in [6.45, 7) is 8.00. The Morgan fingerprint density at radius 2 is 2.11 bits per heavy atom. The second-order valence-electron chi connectivity index (χ2n) is 4.45. The topological polar surface area (TPSA) is 47.5 Å². The van der Waals surface area contributed by atoms with Crippen molar-refractivity contribution in [3.63, 3.8) is 0 Å². The molecule has 0 bridgehead atoms. The summed E-state index contributed by atoms with van der Waals surface area (Å²) >= 11 is 0. The minimum Gasteiger partial charge on any atom is -0.478 e. The molecule has 5 nitrogen and oxygen atoms in total. The molecule has 0 radical (unpaired) electrons. The van der Waals surface area contributed by atoms with Gasteiger partial charge in [0.25, 0.3) is 0 Å². The predicted octanol–water partition coefficient (Wildman–Crippen LogP) is 1.80. The number of hydrogen-bond donors (Lipinski definition) is 0. The van der Waals surface area contributed by atoms with Crippen LogP contribution >= 0.6 is 0 Å². The van der Waals surface area contributed by atoms with Crippen LogP contribution in [0.2, 0.25) is 0 Å². The SMILES string of the molecule is CCCCOc1cc(C)nc(N2CCOCC2)n1. The van der Waals surface area contributed by atoms with Gasteiger partial charge in [-0.25, -0.2) is 4.98 Å². The summed E-state index contributed by atoms with van der Waals surface area (Å²) < 4.78 is 11.0. The van der Waals surface area contributed by atoms with E-state index in [-0.39, 0.29) is 0 Å². The summed E-state index contributed by atoms with van der Waals surface area (Å²) in [4.78, 5) is 11.1. The van der Waals surface area contributed by atoms with Gasteiger partial charge in [0.15, 0.2) is 0 Å². The van der Waals surface area contributed by atoms with Crippen LogP contribution in [0.3, 0.4) is 0 Å². The van der Waals surface area contributed by atoms with Crippen molar-refractivity contribution in [3.05, 3.63) is 11.8 Å². The summed E-state index contributed by atoms with van der Waals surface area (Å²) in [6.07, 6.45) is 2.18. The van der Waals surface area contributed by atoms with Crippen LogP contribution < -0.4 is 9.64 Å². The summed E-state index contributed by atoms with van der Waals surface area (Å²) in [5.41, 5.74) is 0.943. The van der Waals surface area contributed by atoms with Gasteiger partial charge in [-0.3, -0.25) is 0 Å². The van der Waals surface area contributed by atoms with E-state index >= 15 is 0 Å². The van der Waals surface area contributed by atoms with Gasteiger partial charge < -0.3 is 14.4 Å². The fourth-order valence-corrected chi connectivity index (χ4v) is 1.82. The second-order valence-corrected chi connectivity index (χ2v) is 4.45. The Balaban J connectivity index is 2.05. The lowest BCUT2D eigenvalue weighted by molar-refractivity contribution is 0.122. The van der Waals surface area contributed by atoms with E-state index in [2.05, 4.69) is 21.8 Å². The lowest BCUT2D eigenvalue weighted by Gasteiger charge is -2.27. The number of hydrogen-bond acceptors (Lipinski definition) is 5. The third-order valence-electron chi connectivity index (χ3n) is 2.86. The molecule has 1 saturated heterocycles. The molecule has 1 aromatic rings.